The molecule has 0 aliphatic carbocycles. The van der Waals surface area contributed by atoms with Crippen LogP contribution in [0.2, 0.25) is 0 Å². The fourth-order valence-electron chi connectivity index (χ4n) is 1.65. The molecule has 2 aromatic rings. The number of carboxylic acids is 1. The highest BCUT2D eigenvalue weighted by Gasteiger charge is 2.13. The Morgan fingerprint density at radius 1 is 1.33 bits per heavy atom. The van der Waals surface area contributed by atoms with Crippen LogP contribution < -0.4 is 0 Å². The van der Waals surface area contributed by atoms with Gasteiger partial charge in [-0.1, -0.05) is 17.7 Å². The van der Waals surface area contributed by atoms with Gasteiger partial charge < -0.3 is 9.52 Å². The monoisotopic (exact) mass is 262 g/mol. The molecule has 1 heterocycles. The lowest BCUT2D eigenvalue weighted by Crippen LogP contribution is -1.97. The molecule has 18 heavy (non-hydrogen) atoms. The van der Waals surface area contributed by atoms with Gasteiger partial charge in [-0.15, -0.1) is 11.8 Å². The third-order valence-electron chi connectivity index (χ3n) is 2.68. The Bertz CT molecular complexity index is 572. The molecule has 0 aliphatic rings. The standard InChI is InChI=1S/C14H14O3S/c1-9-3-4-10(2)13(7-9)18-8-12-11(14(15)16)5-6-17-12/h3-7H,8H2,1-2H3,(H,15,16). The van der Waals surface area contributed by atoms with Crippen LogP contribution in [0.3, 0.4) is 0 Å². The molecule has 1 aromatic heterocycles. The van der Waals surface area contributed by atoms with Crippen molar-refractivity contribution >= 4 is 17.7 Å². The maximum atomic E-state index is 10.9. The fraction of sp³-hybridized carbons (Fsp3) is 0.214. The minimum absolute atomic E-state index is 0.243. The van der Waals surface area contributed by atoms with E-state index in [4.69, 9.17) is 9.52 Å². The molecule has 4 heteroatoms. The van der Waals surface area contributed by atoms with Crippen LogP contribution in [0, 0.1) is 13.8 Å². The molecule has 0 amide bonds. The largest absolute Gasteiger partial charge is 0.478 e. The molecule has 1 aromatic carbocycles. The summed E-state index contributed by atoms with van der Waals surface area (Å²) in [6, 6.07) is 7.72. The first-order valence-corrected chi connectivity index (χ1v) is 6.56. The molecule has 3 nitrogen and oxygen atoms in total. The van der Waals surface area contributed by atoms with E-state index in [2.05, 4.69) is 18.2 Å². The summed E-state index contributed by atoms with van der Waals surface area (Å²) in [6.45, 7) is 4.08. The molecule has 0 unspecified atom stereocenters. The lowest BCUT2D eigenvalue weighted by molar-refractivity contribution is 0.0695. The van der Waals surface area contributed by atoms with E-state index < -0.39 is 5.97 Å². The van der Waals surface area contributed by atoms with Gasteiger partial charge in [0.15, 0.2) is 0 Å². The Labute approximate surface area is 110 Å². The zero-order valence-electron chi connectivity index (χ0n) is 10.3. The molecule has 1 N–H and O–H groups in total. The minimum Gasteiger partial charge on any atom is -0.478 e. The van der Waals surface area contributed by atoms with Crippen LogP contribution in [-0.4, -0.2) is 11.1 Å². The van der Waals surface area contributed by atoms with Crippen LogP contribution in [0.1, 0.15) is 27.2 Å². The molecular formula is C14H14O3S. The molecule has 0 saturated carbocycles. The van der Waals surface area contributed by atoms with Gasteiger partial charge in [-0.05, 0) is 31.5 Å². The van der Waals surface area contributed by atoms with Crippen LogP contribution in [0.15, 0.2) is 39.8 Å². The first-order valence-electron chi connectivity index (χ1n) is 5.57. The first kappa shape index (κ1) is 12.8. The summed E-state index contributed by atoms with van der Waals surface area (Å²) in [5, 5.41) is 8.98. The van der Waals surface area contributed by atoms with Crippen molar-refractivity contribution in [3.63, 3.8) is 0 Å². The Hall–Kier alpha value is -1.68. The van der Waals surface area contributed by atoms with Gasteiger partial charge >= 0.3 is 5.97 Å². The predicted molar refractivity (Wildman–Crippen MR) is 71.1 cm³/mol. The quantitative estimate of drug-likeness (QED) is 0.849. The van der Waals surface area contributed by atoms with E-state index in [0.717, 1.165) is 4.90 Å². The lowest BCUT2D eigenvalue weighted by Gasteiger charge is -2.06. The zero-order valence-corrected chi connectivity index (χ0v) is 11.1. The van der Waals surface area contributed by atoms with Gasteiger partial charge in [-0.25, -0.2) is 4.79 Å². The predicted octanol–water partition coefficient (Wildman–Crippen LogP) is 3.89. The summed E-state index contributed by atoms with van der Waals surface area (Å²) in [6.07, 6.45) is 1.42. The van der Waals surface area contributed by atoms with E-state index in [1.807, 2.05) is 13.8 Å². The summed E-state index contributed by atoms with van der Waals surface area (Å²) in [5.41, 5.74) is 2.63. The van der Waals surface area contributed by atoms with Crippen molar-refractivity contribution < 1.29 is 14.3 Å². The number of carboxylic acid groups (broad SMARTS) is 1. The number of aryl methyl sites for hydroxylation is 2. The number of rotatable bonds is 4. The maximum Gasteiger partial charge on any atom is 0.339 e. The molecular weight excluding hydrogens is 248 g/mol. The van der Waals surface area contributed by atoms with Crippen LogP contribution in [0.4, 0.5) is 0 Å². The number of furan rings is 1. The molecule has 2 rings (SSSR count). The van der Waals surface area contributed by atoms with Gasteiger partial charge in [0.25, 0.3) is 0 Å². The van der Waals surface area contributed by atoms with Crippen LogP contribution in [0.25, 0.3) is 0 Å². The van der Waals surface area contributed by atoms with E-state index in [0.29, 0.717) is 11.5 Å². The van der Waals surface area contributed by atoms with Crippen LogP contribution >= 0.6 is 11.8 Å². The number of carbonyl (C=O) groups is 1. The minimum atomic E-state index is -0.944. The summed E-state index contributed by atoms with van der Waals surface area (Å²) in [4.78, 5) is 12.1. The number of hydrogen-bond acceptors (Lipinski definition) is 3. The molecule has 0 atom stereocenters. The molecule has 0 aliphatic heterocycles. The van der Waals surface area contributed by atoms with Gasteiger partial charge in [0.05, 0.1) is 12.0 Å². The molecule has 0 bridgehead atoms. The first-order chi connectivity index (χ1) is 8.58. The van der Waals surface area contributed by atoms with E-state index in [-0.39, 0.29) is 5.56 Å². The second kappa shape index (κ2) is 5.31. The van der Waals surface area contributed by atoms with Crippen LogP contribution in [0.5, 0.6) is 0 Å². The number of thioether (sulfide) groups is 1. The van der Waals surface area contributed by atoms with Gasteiger partial charge in [-0.3, -0.25) is 0 Å². The van der Waals surface area contributed by atoms with E-state index in [9.17, 15) is 4.79 Å². The Morgan fingerprint density at radius 2 is 2.11 bits per heavy atom. The van der Waals surface area contributed by atoms with Crippen molar-refractivity contribution in [3.8, 4) is 0 Å². The Balaban J connectivity index is 2.14. The smallest absolute Gasteiger partial charge is 0.339 e. The second-order valence-electron chi connectivity index (χ2n) is 4.12. The zero-order chi connectivity index (χ0) is 13.1. The maximum absolute atomic E-state index is 10.9. The summed E-state index contributed by atoms with van der Waals surface area (Å²) in [7, 11) is 0. The highest BCUT2D eigenvalue weighted by atomic mass is 32.2. The number of benzene rings is 1. The molecule has 0 radical (unpaired) electrons. The summed E-state index contributed by atoms with van der Waals surface area (Å²) in [5.74, 6) is 0.0903. The average Bonchev–Trinajstić information content (AvgIpc) is 2.79. The van der Waals surface area contributed by atoms with Gasteiger partial charge in [-0.2, -0.15) is 0 Å². The van der Waals surface area contributed by atoms with Crippen molar-refractivity contribution in [1.82, 2.24) is 0 Å². The van der Waals surface area contributed by atoms with Gasteiger partial charge in [0.2, 0.25) is 0 Å². The summed E-state index contributed by atoms with van der Waals surface area (Å²) >= 11 is 1.59. The van der Waals surface area contributed by atoms with Gasteiger partial charge in [0.1, 0.15) is 11.3 Å². The van der Waals surface area contributed by atoms with Crippen molar-refractivity contribution in [2.45, 2.75) is 24.5 Å². The van der Waals surface area contributed by atoms with Crippen LogP contribution in [-0.2, 0) is 5.75 Å². The molecule has 0 saturated heterocycles. The third-order valence-corrected chi connectivity index (χ3v) is 3.84. The highest BCUT2D eigenvalue weighted by Crippen LogP contribution is 2.28. The Morgan fingerprint density at radius 3 is 2.83 bits per heavy atom. The average molecular weight is 262 g/mol. The van der Waals surface area contributed by atoms with E-state index >= 15 is 0 Å². The second-order valence-corrected chi connectivity index (χ2v) is 5.14. The number of hydrogen-bond donors (Lipinski definition) is 1. The summed E-state index contributed by atoms with van der Waals surface area (Å²) < 4.78 is 5.22. The normalized spacial score (nSPS) is 10.6. The van der Waals surface area contributed by atoms with Crippen molar-refractivity contribution in [2.24, 2.45) is 0 Å². The molecule has 94 valence electrons. The Kier molecular flexibility index (Phi) is 3.77. The highest BCUT2D eigenvalue weighted by molar-refractivity contribution is 7.98. The SMILES string of the molecule is Cc1ccc(C)c(SCc2occc2C(=O)O)c1. The fourth-order valence-corrected chi connectivity index (χ4v) is 2.72. The number of aromatic carboxylic acids is 1. The molecule has 0 fully saturated rings. The lowest BCUT2D eigenvalue weighted by atomic mass is 10.2. The van der Waals surface area contributed by atoms with Crippen molar-refractivity contribution in [1.29, 1.82) is 0 Å². The van der Waals surface area contributed by atoms with E-state index in [1.54, 1.807) is 11.8 Å². The molecule has 0 spiro atoms. The van der Waals surface area contributed by atoms with Gasteiger partial charge in [0, 0.05) is 4.90 Å². The topological polar surface area (TPSA) is 50.4 Å². The van der Waals surface area contributed by atoms with Crippen molar-refractivity contribution in [2.75, 3.05) is 0 Å². The third kappa shape index (κ3) is 2.76. The van der Waals surface area contributed by atoms with Crippen molar-refractivity contribution in [3.05, 3.63) is 53.0 Å². The van der Waals surface area contributed by atoms with E-state index in [1.165, 1.54) is 23.5 Å².